The molecule has 0 amide bonds. The Morgan fingerprint density at radius 1 is 1.24 bits per heavy atom. The first-order valence-electron chi connectivity index (χ1n) is 6.85. The normalized spacial score (nSPS) is 11.2. The predicted octanol–water partition coefficient (Wildman–Crippen LogP) is 2.76. The third kappa shape index (κ3) is 2.35. The Kier molecular flexibility index (Phi) is 3.33. The molecule has 6 heteroatoms. The molecule has 3 aromatic heterocycles. The van der Waals surface area contributed by atoms with Crippen LogP contribution in [0.3, 0.4) is 0 Å². The van der Waals surface area contributed by atoms with E-state index in [0.717, 1.165) is 32.0 Å². The van der Waals surface area contributed by atoms with Gasteiger partial charge in [-0.25, -0.2) is 4.98 Å². The van der Waals surface area contributed by atoms with Crippen LogP contribution in [0.25, 0.3) is 10.2 Å². The van der Waals surface area contributed by atoms with E-state index in [1.807, 2.05) is 44.5 Å². The molecule has 0 saturated carbocycles. The van der Waals surface area contributed by atoms with Gasteiger partial charge in [-0.15, -0.1) is 11.3 Å². The summed E-state index contributed by atoms with van der Waals surface area (Å²) in [6.45, 7) is 8.54. The largest absolute Gasteiger partial charge is 0.318 e. The minimum absolute atomic E-state index is 0.0559. The average Bonchev–Trinajstić information content (AvgIpc) is 2.89. The van der Waals surface area contributed by atoms with Gasteiger partial charge in [0.15, 0.2) is 0 Å². The Balaban J connectivity index is 1.93. The molecular formula is C15H18N4OS. The van der Waals surface area contributed by atoms with Crippen LogP contribution in [0.4, 0.5) is 0 Å². The molecule has 3 aromatic rings. The van der Waals surface area contributed by atoms with Crippen LogP contribution < -0.4 is 11.0 Å². The minimum Gasteiger partial charge on any atom is -0.318 e. The van der Waals surface area contributed by atoms with Gasteiger partial charge in [0, 0.05) is 16.3 Å². The highest BCUT2D eigenvalue weighted by molar-refractivity contribution is 7.18. The van der Waals surface area contributed by atoms with Crippen LogP contribution >= 0.6 is 11.3 Å². The molecule has 110 valence electrons. The SMILES string of the molecule is Cc1sc2nc(CNn3c(C)ccc3C)[nH]c(=O)c2c1C. The van der Waals surface area contributed by atoms with Crippen LogP contribution in [-0.2, 0) is 6.54 Å². The van der Waals surface area contributed by atoms with Gasteiger partial charge in [-0.1, -0.05) is 0 Å². The zero-order valence-corrected chi connectivity index (χ0v) is 13.4. The van der Waals surface area contributed by atoms with Gasteiger partial charge >= 0.3 is 0 Å². The standard InChI is InChI=1S/C15H18N4OS/c1-8-5-6-9(2)19(8)16-7-12-17-14(20)13-10(3)11(4)21-15(13)18-12/h5-6,16H,7H2,1-4H3,(H,17,18,20). The summed E-state index contributed by atoms with van der Waals surface area (Å²) in [5.41, 5.74) is 6.50. The summed E-state index contributed by atoms with van der Waals surface area (Å²) < 4.78 is 2.00. The van der Waals surface area contributed by atoms with E-state index in [-0.39, 0.29) is 5.56 Å². The number of nitrogens with zero attached hydrogens (tertiary/aromatic N) is 2. The fourth-order valence-electron chi connectivity index (χ4n) is 2.45. The second-order valence-electron chi connectivity index (χ2n) is 5.26. The van der Waals surface area contributed by atoms with Gasteiger partial charge in [0.05, 0.1) is 11.9 Å². The maximum absolute atomic E-state index is 12.2. The number of aryl methyl sites for hydroxylation is 4. The highest BCUT2D eigenvalue weighted by Crippen LogP contribution is 2.25. The van der Waals surface area contributed by atoms with Gasteiger partial charge in [-0.3, -0.25) is 9.47 Å². The summed E-state index contributed by atoms with van der Waals surface area (Å²) >= 11 is 1.57. The second kappa shape index (κ2) is 5.04. The Hall–Kier alpha value is -2.08. The highest BCUT2D eigenvalue weighted by Gasteiger charge is 2.11. The molecule has 0 atom stereocenters. The molecular weight excluding hydrogens is 284 g/mol. The Morgan fingerprint density at radius 3 is 2.57 bits per heavy atom. The van der Waals surface area contributed by atoms with Crippen molar-refractivity contribution in [3.63, 3.8) is 0 Å². The van der Waals surface area contributed by atoms with Gasteiger partial charge in [0.2, 0.25) is 0 Å². The maximum atomic E-state index is 12.2. The lowest BCUT2D eigenvalue weighted by Crippen LogP contribution is -2.21. The molecule has 0 spiro atoms. The fourth-order valence-corrected chi connectivity index (χ4v) is 3.50. The van der Waals surface area contributed by atoms with Crippen molar-refractivity contribution in [3.8, 4) is 0 Å². The smallest absolute Gasteiger partial charge is 0.259 e. The van der Waals surface area contributed by atoms with Crippen LogP contribution in [0.5, 0.6) is 0 Å². The number of hydrogen-bond acceptors (Lipinski definition) is 4. The zero-order valence-electron chi connectivity index (χ0n) is 12.6. The lowest BCUT2D eigenvalue weighted by atomic mass is 10.2. The quantitative estimate of drug-likeness (QED) is 0.782. The van der Waals surface area contributed by atoms with Crippen molar-refractivity contribution in [2.45, 2.75) is 34.2 Å². The second-order valence-corrected chi connectivity index (χ2v) is 6.47. The molecule has 0 aliphatic carbocycles. The van der Waals surface area contributed by atoms with Crippen LogP contribution in [-0.4, -0.2) is 14.6 Å². The summed E-state index contributed by atoms with van der Waals surface area (Å²) in [5, 5.41) is 0.717. The third-order valence-electron chi connectivity index (χ3n) is 3.76. The molecule has 0 radical (unpaired) electrons. The summed E-state index contributed by atoms with van der Waals surface area (Å²) in [7, 11) is 0. The predicted molar refractivity (Wildman–Crippen MR) is 86.7 cm³/mol. The van der Waals surface area contributed by atoms with Crippen molar-refractivity contribution in [1.29, 1.82) is 0 Å². The van der Waals surface area contributed by atoms with Crippen molar-refractivity contribution in [2.24, 2.45) is 0 Å². The van der Waals surface area contributed by atoms with Crippen molar-refractivity contribution >= 4 is 21.6 Å². The first-order chi connectivity index (χ1) is 9.97. The van der Waals surface area contributed by atoms with Crippen LogP contribution in [0.2, 0.25) is 0 Å². The average molecular weight is 302 g/mol. The van der Waals surface area contributed by atoms with E-state index in [0.29, 0.717) is 12.4 Å². The van der Waals surface area contributed by atoms with E-state index in [2.05, 4.69) is 15.4 Å². The maximum Gasteiger partial charge on any atom is 0.259 e. The van der Waals surface area contributed by atoms with Crippen molar-refractivity contribution in [3.05, 3.63) is 50.1 Å². The Labute approximate surface area is 126 Å². The monoisotopic (exact) mass is 302 g/mol. The van der Waals surface area contributed by atoms with E-state index >= 15 is 0 Å². The van der Waals surface area contributed by atoms with Crippen molar-refractivity contribution in [2.75, 3.05) is 5.43 Å². The Morgan fingerprint density at radius 2 is 1.90 bits per heavy atom. The van der Waals surface area contributed by atoms with Crippen LogP contribution in [0.1, 0.15) is 27.7 Å². The first kappa shape index (κ1) is 13.9. The molecule has 0 fully saturated rings. The van der Waals surface area contributed by atoms with E-state index in [1.165, 1.54) is 0 Å². The lowest BCUT2D eigenvalue weighted by molar-refractivity contribution is 0.765. The first-order valence-corrected chi connectivity index (χ1v) is 7.66. The number of H-pyrrole nitrogens is 1. The van der Waals surface area contributed by atoms with E-state index < -0.39 is 0 Å². The topological polar surface area (TPSA) is 62.7 Å². The van der Waals surface area contributed by atoms with Crippen LogP contribution in [0.15, 0.2) is 16.9 Å². The molecule has 3 rings (SSSR count). The molecule has 3 heterocycles. The lowest BCUT2D eigenvalue weighted by Gasteiger charge is -2.11. The Bertz CT molecular complexity index is 852. The molecule has 5 nitrogen and oxygen atoms in total. The summed E-state index contributed by atoms with van der Waals surface area (Å²) in [6.07, 6.45) is 0. The van der Waals surface area contributed by atoms with E-state index in [4.69, 9.17) is 0 Å². The van der Waals surface area contributed by atoms with Crippen LogP contribution in [0, 0.1) is 27.7 Å². The van der Waals surface area contributed by atoms with Gasteiger partial charge in [-0.2, -0.15) is 0 Å². The number of aromatic nitrogens is 3. The zero-order chi connectivity index (χ0) is 15.1. The summed E-state index contributed by atoms with van der Waals surface area (Å²) in [5.74, 6) is 0.654. The molecule has 21 heavy (non-hydrogen) atoms. The van der Waals surface area contributed by atoms with Gasteiger partial charge in [-0.05, 0) is 45.4 Å². The minimum atomic E-state index is -0.0559. The molecule has 0 saturated heterocycles. The third-order valence-corrected chi connectivity index (χ3v) is 4.87. The molecule has 0 aromatic carbocycles. The molecule has 0 aliphatic rings. The van der Waals surface area contributed by atoms with Gasteiger partial charge in [0.25, 0.3) is 5.56 Å². The number of aromatic amines is 1. The molecule has 0 aliphatic heterocycles. The highest BCUT2D eigenvalue weighted by atomic mass is 32.1. The number of hydrogen-bond donors (Lipinski definition) is 2. The molecule has 0 bridgehead atoms. The van der Waals surface area contributed by atoms with Crippen molar-refractivity contribution in [1.82, 2.24) is 14.6 Å². The summed E-state index contributed by atoms with van der Waals surface area (Å²) in [4.78, 5) is 21.6. The van der Waals surface area contributed by atoms with Crippen molar-refractivity contribution < 1.29 is 0 Å². The molecule has 0 unspecified atom stereocenters. The molecule has 2 N–H and O–H groups in total. The van der Waals surface area contributed by atoms with E-state index in [1.54, 1.807) is 11.3 Å². The number of thiophene rings is 1. The fraction of sp³-hybridized carbons (Fsp3) is 0.333. The van der Waals surface area contributed by atoms with E-state index in [9.17, 15) is 4.79 Å². The number of rotatable bonds is 3. The van der Waals surface area contributed by atoms with Gasteiger partial charge in [0.1, 0.15) is 10.7 Å². The number of fused-ring (bicyclic) bond motifs is 1. The summed E-state index contributed by atoms with van der Waals surface area (Å²) in [6, 6.07) is 4.10. The van der Waals surface area contributed by atoms with Gasteiger partial charge < -0.3 is 10.4 Å². The number of nitrogens with one attached hydrogen (secondary N) is 2.